The van der Waals surface area contributed by atoms with E-state index in [1.165, 1.54) is 0 Å². The lowest BCUT2D eigenvalue weighted by Crippen LogP contribution is -2.05. The van der Waals surface area contributed by atoms with Crippen LogP contribution in [0.3, 0.4) is 0 Å². The first kappa shape index (κ1) is 10.9. The summed E-state index contributed by atoms with van der Waals surface area (Å²) in [4.78, 5) is 4.13. The summed E-state index contributed by atoms with van der Waals surface area (Å²) in [6.07, 6.45) is 1.70. The first-order valence-electron chi connectivity index (χ1n) is 4.39. The van der Waals surface area contributed by atoms with E-state index >= 15 is 0 Å². The molecule has 0 aliphatic heterocycles. The Morgan fingerprint density at radius 2 is 2.50 bits per heavy atom. The number of hydrogen-bond donors (Lipinski definition) is 1. The molecule has 3 nitrogen and oxygen atoms in total. The van der Waals surface area contributed by atoms with Crippen LogP contribution in [0.15, 0.2) is 29.9 Å². The second-order valence-electron chi connectivity index (χ2n) is 2.65. The van der Waals surface area contributed by atoms with Gasteiger partial charge in [-0.3, -0.25) is 0 Å². The molecule has 0 radical (unpaired) electrons. The molecular formula is C10H13ClN2O. The lowest BCUT2D eigenvalue weighted by Gasteiger charge is -2.09. The predicted octanol–water partition coefficient (Wildman–Crippen LogP) is 2.64. The molecule has 0 amide bonds. The van der Waals surface area contributed by atoms with E-state index in [4.69, 9.17) is 16.3 Å². The average Bonchev–Trinajstić information content (AvgIpc) is 2.17. The Bertz CT molecular complexity index is 315. The monoisotopic (exact) mass is 212 g/mol. The Labute approximate surface area is 88.8 Å². The minimum atomic E-state index is 0.485. The molecule has 1 aromatic heterocycles. The Balaban J connectivity index is 2.68. The fourth-order valence-corrected chi connectivity index (χ4v) is 1.04. The Morgan fingerprint density at radius 1 is 1.71 bits per heavy atom. The highest BCUT2D eigenvalue weighted by Crippen LogP contribution is 2.20. The van der Waals surface area contributed by atoms with Crippen LogP contribution in [0.4, 0.5) is 5.82 Å². The van der Waals surface area contributed by atoms with Crippen molar-refractivity contribution in [2.24, 2.45) is 0 Å². The summed E-state index contributed by atoms with van der Waals surface area (Å²) in [6, 6.07) is 3.68. The maximum absolute atomic E-state index is 5.63. The highest BCUT2D eigenvalue weighted by molar-refractivity contribution is 6.29. The van der Waals surface area contributed by atoms with Gasteiger partial charge in [-0.1, -0.05) is 18.2 Å². The first-order valence-corrected chi connectivity index (χ1v) is 4.76. The molecule has 1 rings (SSSR count). The van der Waals surface area contributed by atoms with Gasteiger partial charge in [0, 0.05) is 11.2 Å². The third kappa shape index (κ3) is 3.26. The summed E-state index contributed by atoms with van der Waals surface area (Å²) >= 11 is 5.63. The van der Waals surface area contributed by atoms with Crippen LogP contribution >= 0.6 is 11.6 Å². The fourth-order valence-electron chi connectivity index (χ4n) is 0.975. The van der Waals surface area contributed by atoms with Crippen molar-refractivity contribution in [2.45, 2.75) is 6.92 Å². The molecule has 0 aliphatic carbocycles. The summed E-state index contributed by atoms with van der Waals surface area (Å²) in [5.74, 6) is 1.42. The summed E-state index contributed by atoms with van der Waals surface area (Å²) in [6.45, 7) is 6.61. The van der Waals surface area contributed by atoms with E-state index in [0.717, 1.165) is 5.75 Å². The van der Waals surface area contributed by atoms with Crippen LogP contribution in [0.2, 0.25) is 0 Å². The van der Waals surface area contributed by atoms with E-state index in [1.807, 2.05) is 19.1 Å². The van der Waals surface area contributed by atoms with Crippen molar-refractivity contribution in [3.63, 3.8) is 0 Å². The molecule has 0 fully saturated rings. The molecule has 0 atom stereocenters. The summed E-state index contributed by atoms with van der Waals surface area (Å²) in [5, 5.41) is 3.57. The van der Waals surface area contributed by atoms with Gasteiger partial charge in [0.1, 0.15) is 0 Å². The molecule has 0 aliphatic rings. The Hall–Kier alpha value is -1.22. The maximum atomic E-state index is 5.63. The largest absolute Gasteiger partial charge is 0.490 e. The van der Waals surface area contributed by atoms with E-state index in [0.29, 0.717) is 24.0 Å². The smallest absolute Gasteiger partial charge is 0.169 e. The molecule has 76 valence electrons. The molecule has 14 heavy (non-hydrogen) atoms. The van der Waals surface area contributed by atoms with Crippen LogP contribution in [-0.2, 0) is 0 Å². The molecule has 1 N–H and O–H groups in total. The minimum Gasteiger partial charge on any atom is -0.490 e. The zero-order chi connectivity index (χ0) is 10.4. The van der Waals surface area contributed by atoms with Crippen molar-refractivity contribution in [1.29, 1.82) is 0 Å². The molecule has 0 spiro atoms. The van der Waals surface area contributed by atoms with Crippen LogP contribution in [-0.4, -0.2) is 18.1 Å². The van der Waals surface area contributed by atoms with Gasteiger partial charge in [0.15, 0.2) is 11.6 Å². The lowest BCUT2D eigenvalue weighted by molar-refractivity contribution is 0.340. The molecule has 0 bridgehead atoms. The second-order valence-corrected chi connectivity index (χ2v) is 3.19. The molecule has 0 saturated carbocycles. The van der Waals surface area contributed by atoms with Crippen LogP contribution in [0.5, 0.6) is 5.75 Å². The Kier molecular flexibility index (Phi) is 4.26. The third-order valence-electron chi connectivity index (χ3n) is 1.52. The number of ether oxygens (including phenoxy) is 1. The van der Waals surface area contributed by atoms with E-state index in [-0.39, 0.29) is 0 Å². The Morgan fingerprint density at radius 3 is 3.14 bits per heavy atom. The summed E-state index contributed by atoms with van der Waals surface area (Å²) in [7, 11) is 0. The topological polar surface area (TPSA) is 34.2 Å². The fraction of sp³-hybridized carbons (Fsp3) is 0.300. The number of nitrogens with zero attached hydrogens (tertiary/aromatic N) is 1. The van der Waals surface area contributed by atoms with Crippen molar-refractivity contribution in [2.75, 3.05) is 18.5 Å². The van der Waals surface area contributed by atoms with E-state index in [1.54, 1.807) is 6.20 Å². The van der Waals surface area contributed by atoms with Crippen LogP contribution in [0, 0.1) is 0 Å². The first-order chi connectivity index (χ1) is 6.74. The number of rotatable bonds is 5. The van der Waals surface area contributed by atoms with Crippen LogP contribution in [0.25, 0.3) is 0 Å². The highest BCUT2D eigenvalue weighted by Gasteiger charge is 2.02. The zero-order valence-corrected chi connectivity index (χ0v) is 8.84. The third-order valence-corrected chi connectivity index (χ3v) is 1.65. The van der Waals surface area contributed by atoms with Gasteiger partial charge in [0.25, 0.3) is 0 Å². The number of halogens is 1. The number of aromatic nitrogens is 1. The van der Waals surface area contributed by atoms with Crippen LogP contribution < -0.4 is 10.1 Å². The van der Waals surface area contributed by atoms with Gasteiger partial charge in [0.05, 0.1) is 13.2 Å². The van der Waals surface area contributed by atoms with Gasteiger partial charge in [-0.05, 0) is 19.1 Å². The molecular weight excluding hydrogens is 200 g/mol. The predicted molar refractivity (Wildman–Crippen MR) is 58.9 cm³/mol. The molecule has 0 saturated heterocycles. The van der Waals surface area contributed by atoms with E-state index in [9.17, 15) is 0 Å². The van der Waals surface area contributed by atoms with Crippen molar-refractivity contribution < 1.29 is 4.74 Å². The van der Waals surface area contributed by atoms with Crippen molar-refractivity contribution >= 4 is 17.4 Å². The van der Waals surface area contributed by atoms with Crippen molar-refractivity contribution in [3.05, 3.63) is 29.9 Å². The van der Waals surface area contributed by atoms with Crippen molar-refractivity contribution in [3.8, 4) is 5.75 Å². The van der Waals surface area contributed by atoms with Crippen molar-refractivity contribution in [1.82, 2.24) is 4.98 Å². The maximum Gasteiger partial charge on any atom is 0.169 e. The molecule has 4 heteroatoms. The second kappa shape index (κ2) is 5.50. The van der Waals surface area contributed by atoms with Crippen LogP contribution in [0.1, 0.15) is 6.92 Å². The van der Waals surface area contributed by atoms with Gasteiger partial charge in [-0.25, -0.2) is 4.98 Å². The zero-order valence-electron chi connectivity index (χ0n) is 8.09. The van der Waals surface area contributed by atoms with Gasteiger partial charge >= 0.3 is 0 Å². The molecule has 0 aromatic carbocycles. The lowest BCUT2D eigenvalue weighted by atomic mass is 10.4. The summed E-state index contributed by atoms with van der Waals surface area (Å²) < 4.78 is 5.37. The highest BCUT2D eigenvalue weighted by atomic mass is 35.5. The van der Waals surface area contributed by atoms with Gasteiger partial charge in [-0.15, -0.1) is 0 Å². The molecule has 0 unspecified atom stereocenters. The SMILES string of the molecule is C=C(Cl)CNc1ncccc1OCC. The number of pyridine rings is 1. The summed E-state index contributed by atoms with van der Waals surface area (Å²) in [5.41, 5.74) is 0. The number of hydrogen-bond acceptors (Lipinski definition) is 3. The van der Waals surface area contributed by atoms with E-state index < -0.39 is 0 Å². The molecule has 1 heterocycles. The van der Waals surface area contributed by atoms with Gasteiger partial charge < -0.3 is 10.1 Å². The molecule has 1 aromatic rings. The normalized spacial score (nSPS) is 9.57. The standard InChI is InChI=1S/C10H13ClN2O/c1-3-14-9-5-4-6-12-10(9)13-7-8(2)11/h4-6H,2-3,7H2,1H3,(H,12,13). The number of anilines is 1. The average molecular weight is 213 g/mol. The van der Waals surface area contributed by atoms with Gasteiger partial charge in [-0.2, -0.15) is 0 Å². The van der Waals surface area contributed by atoms with E-state index in [2.05, 4.69) is 16.9 Å². The van der Waals surface area contributed by atoms with Gasteiger partial charge in [0.2, 0.25) is 0 Å². The minimum absolute atomic E-state index is 0.485. The number of nitrogens with one attached hydrogen (secondary N) is 1. The quantitative estimate of drug-likeness (QED) is 0.815.